The predicted molar refractivity (Wildman–Crippen MR) is 74.2 cm³/mol. The molecule has 0 bridgehead atoms. The molecule has 1 fully saturated rings. The van der Waals surface area contributed by atoms with Crippen molar-refractivity contribution in [2.75, 3.05) is 31.6 Å². The van der Waals surface area contributed by atoms with Gasteiger partial charge in [0, 0.05) is 25.7 Å². The highest BCUT2D eigenvalue weighted by Crippen LogP contribution is 2.17. The van der Waals surface area contributed by atoms with E-state index in [0.717, 1.165) is 31.9 Å². The van der Waals surface area contributed by atoms with Crippen molar-refractivity contribution in [1.29, 1.82) is 5.41 Å². The molecule has 3 N–H and O–H groups in total. The first-order valence-corrected chi connectivity index (χ1v) is 6.38. The molecule has 5 heteroatoms. The third-order valence-corrected chi connectivity index (χ3v) is 3.58. The van der Waals surface area contributed by atoms with Crippen LogP contribution in [0.3, 0.4) is 0 Å². The lowest BCUT2D eigenvalue weighted by Gasteiger charge is -2.39. The smallest absolute Gasteiger partial charge is 0.141 e. The monoisotopic (exact) mass is 247 g/mol. The Balaban J connectivity index is 2.16. The quantitative estimate of drug-likeness (QED) is 0.615. The standard InChI is InChI=1S/C13H21N5/c1-3-10-9-18(8-7-17(10)2)12-6-4-5-11(16-12)13(14)15/h4-6,10H,3,7-9H2,1-2H3,(H3,14,15). The van der Waals surface area contributed by atoms with Gasteiger partial charge in [0.2, 0.25) is 0 Å². The number of anilines is 1. The van der Waals surface area contributed by atoms with Gasteiger partial charge in [0.1, 0.15) is 17.3 Å². The lowest BCUT2D eigenvalue weighted by Crippen LogP contribution is -2.51. The van der Waals surface area contributed by atoms with Crippen LogP contribution in [-0.4, -0.2) is 48.4 Å². The van der Waals surface area contributed by atoms with Crippen LogP contribution >= 0.6 is 0 Å². The second-order valence-electron chi connectivity index (χ2n) is 4.78. The Hall–Kier alpha value is -1.62. The summed E-state index contributed by atoms with van der Waals surface area (Å²) in [4.78, 5) is 9.12. The minimum atomic E-state index is 0.0259. The van der Waals surface area contributed by atoms with Gasteiger partial charge >= 0.3 is 0 Å². The number of rotatable bonds is 3. The fraction of sp³-hybridized carbons (Fsp3) is 0.538. The molecule has 5 nitrogen and oxygen atoms in total. The Morgan fingerprint density at radius 2 is 2.28 bits per heavy atom. The number of nitrogen functional groups attached to an aromatic ring is 1. The van der Waals surface area contributed by atoms with Crippen LogP contribution in [0.15, 0.2) is 18.2 Å². The van der Waals surface area contributed by atoms with Gasteiger partial charge in [-0.1, -0.05) is 13.0 Å². The minimum absolute atomic E-state index is 0.0259. The molecule has 1 unspecified atom stereocenters. The number of hydrogen-bond donors (Lipinski definition) is 2. The topological polar surface area (TPSA) is 69.2 Å². The van der Waals surface area contributed by atoms with E-state index < -0.39 is 0 Å². The first-order valence-electron chi connectivity index (χ1n) is 6.38. The molecule has 18 heavy (non-hydrogen) atoms. The van der Waals surface area contributed by atoms with Gasteiger partial charge in [-0.15, -0.1) is 0 Å². The summed E-state index contributed by atoms with van der Waals surface area (Å²) in [6.45, 7) is 5.22. The molecule has 0 radical (unpaired) electrons. The van der Waals surface area contributed by atoms with E-state index in [1.807, 2.05) is 12.1 Å². The summed E-state index contributed by atoms with van der Waals surface area (Å²) in [5, 5.41) is 7.44. The molecule has 1 saturated heterocycles. The normalized spacial score (nSPS) is 21.0. The predicted octanol–water partition coefficient (Wildman–Crippen LogP) is 0.896. The van der Waals surface area contributed by atoms with E-state index in [2.05, 4.69) is 28.8 Å². The van der Waals surface area contributed by atoms with Crippen molar-refractivity contribution in [2.45, 2.75) is 19.4 Å². The SMILES string of the molecule is CCC1CN(c2cccc(C(=N)N)n2)CCN1C. The van der Waals surface area contributed by atoms with Gasteiger partial charge in [-0.2, -0.15) is 0 Å². The molecule has 0 aromatic carbocycles. The fourth-order valence-electron chi connectivity index (χ4n) is 2.34. The van der Waals surface area contributed by atoms with Gasteiger partial charge in [-0.05, 0) is 25.6 Å². The van der Waals surface area contributed by atoms with Crippen molar-refractivity contribution in [1.82, 2.24) is 9.88 Å². The van der Waals surface area contributed by atoms with Gasteiger partial charge in [-0.3, -0.25) is 10.3 Å². The molecule has 2 heterocycles. The Morgan fingerprint density at radius 3 is 2.94 bits per heavy atom. The van der Waals surface area contributed by atoms with Gasteiger partial charge in [0.15, 0.2) is 0 Å². The molecule has 2 rings (SSSR count). The number of amidine groups is 1. The molecule has 1 aromatic rings. The second-order valence-corrected chi connectivity index (χ2v) is 4.78. The maximum atomic E-state index is 7.44. The molecular weight excluding hydrogens is 226 g/mol. The summed E-state index contributed by atoms with van der Waals surface area (Å²) >= 11 is 0. The summed E-state index contributed by atoms with van der Waals surface area (Å²) in [6, 6.07) is 6.25. The van der Waals surface area contributed by atoms with Gasteiger partial charge in [-0.25, -0.2) is 4.98 Å². The van der Waals surface area contributed by atoms with Crippen LogP contribution in [0.25, 0.3) is 0 Å². The van der Waals surface area contributed by atoms with Crippen molar-refractivity contribution in [3.63, 3.8) is 0 Å². The first-order chi connectivity index (χ1) is 8.61. The Morgan fingerprint density at radius 1 is 1.50 bits per heavy atom. The van der Waals surface area contributed by atoms with E-state index in [0.29, 0.717) is 11.7 Å². The van der Waals surface area contributed by atoms with Crippen molar-refractivity contribution < 1.29 is 0 Å². The summed E-state index contributed by atoms with van der Waals surface area (Å²) in [5.41, 5.74) is 6.04. The summed E-state index contributed by atoms with van der Waals surface area (Å²) in [5.74, 6) is 0.951. The van der Waals surface area contributed by atoms with Crippen LogP contribution in [0.5, 0.6) is 0 Å². The Labute approximate surface area is 108 Å². The van der Waals surface area contributed by atoms with Gasteiger partial charge < -0.3 is 10.6 Å². The van der Waals surface area contributed by atoms with Crippen LogP contribution in [0.4, 0.5) is 5.82 Å². The molecule has 1 atom stereocenters. The number of likely N-dealkylation sites (N-methyl/N-ethyl adjacent to an activating group) is 1. The first kappa shape index (κ1) is 12.8. The highest BCUT2D eigenvalue weighted by atomic mass is 15.3. The fourth-order valence-corrected chi connectivity index (χ4v) is 2.34. The number of pyridine rings is 1. The molecule has 0 saturated carbocycles. The van der Waals surface area contributed by atoms with E-state index in [-0.39, 0.29) is 5.84 Å². The molecule has 0 amide bonds. The maximum absolute atomic E-state index is 7.44. The second kappa shape index (κ2) is 5.35. The zero-order valence-corrected chi connectivity index (χ0v) is 11.1. The van der Waals surface area contributed by atoms with Crippen LogP contribution in [-0.2, 0) is 0 Å². The highest BCUT2D eigenvalue weighted by Gasteiger charge is 2.23. The van der Waals surface area contributed by atoms with Crippen LogP contribution in [0.1, 0.15) is 19.0 Å². The number of hydrogen-bond acceptors (Lipinski definition) is 4. The van der Waals surface area contributed by atoms with Gasteiger partial charge in [0.25, 0.3) is 0 Å². The molecule has 1 aromatic heterocycles. The maximum Gasteiger partial charge on any atom is 0.141 e. The largest absolute Gasteiger partial charge is 0.382 e. The number of aromatic nitrogens is 1. The number of nitrogens with two attached hydrogens (primary N) is 1. The third kappa shape index (κ3) is 2.61. The highest BCUT2D eigenvalue weighted by molar-refractivity contribution is 5.93. The molecule has 0 spiro atoms. The summed E-state index contributed by atoms with van der Waals surface area (Å²) in [7, 11) is 2.17. The zero-order chi connectivity index (χ0) is 13.1. The zero-order valence-electron chi connectivity index (χ0n) is 11.1. The number of piperazine rings is 1. The van der Waals surface area contributed by atoms with Gasteiger partial charge in [0.05, 0.1) is 0 Å². The van der Waals surface area contributed by atoms with E-state index in [1.54, 1.807) is 6.07 Å². The molecule has 0 aliphatic carbocycles. The van der Waals surface area contributed by atoms with Crippen LogP contribution < -0.4 is 10.6 Å². The lowest BCUT2D eigenvalue weighted by molar-refractivity contribution is 0.213. The average molecular weight is 247 g/mol. The van der Waals surface area contributed by atoms with E-state index in [1.165, 1.54) is 0 Å². The van der Waals surface area contributed by atoms with E-state index in [4.69, 9.17) is 11.1 Å². The molecule has 1 aliphatic rings. The Bertz CT molecular complexity index is 431. The minimum Gasteiger partial charge on any atom is -0.382 e. The summed E-state index contributed by atoms with van der Waals surface area (Å²) < 4.78 is 0. The lowest BCUT2D eigenvalue weighted by atomic mass is 10.1. The van der Waals surface area contributed by atoms with Crippen molar-refractivity contribution in [3.05, 3.63) is 23.9 Å². The Kier molecular flexibility index (Phi) is 3.81. The molecule has 1 aliphatic heterocycles. The van der Waals surface area contributed by atoms with E-state index >= 15 is 0 Å². The van der Waals surface area contributed by atoms with E-state index in [9.17, 15) is 0 Å². The molecule has 98 valence electrons. The van der Waals surface area contributed by atoms with Crippen LogP contribution in [0.2, 0.25) is 0 Å². The van der Waals surface area contributed by atoms with Crippen molar-refractivity contribution in [2.24, 2.45) is 5.73 Å². The third-order valence-electron chi connectivity index (χ3n) is 3.58. The number of nitrogens with one attached hydrogen (secondary N) is 1. The number of nitrogens with zero attached hydrogens (tertiary/aromatic N) is 3. The van der Waals surface area contributed by atoms with Crippen molar-refractivity contribution >= 4 is 11.7 Å². The summed E-state index contributed by atoms with van der Waals surface area (Å²) in [6.07, 6.45) is 1.14. The average Bonchev–Trinajstić information content (AvgIpc) is 2.39. The van der Waals surface area contributed by atoms with Crippen LogP contribution in [0, 0.1) is 5.41 Å². The van der Waals surface area contributed by atoms with Crippen molar-refractivity contribution in [3.8, 4) is 0 Å². The molecular formula is C13H21N5.